The lowest BCUT2D eigenvalue weighted by Gasteiger charge is -2.05. The maximum atomic E-state index is 4.74. The normalized spacial score (nSPS) is 11.0. The molecule has 0 saturated carbocycles. The Hall–Kier alpha value is -3.08. The summed E-state index contributed by atoms with van der Waals surface area (Å²) in [6, 6.07) is 11.8. The highest BCUT2D eigenvalue weighted by Gasteiger charge is 2.16. The van der Waals surface area contributed by atoms with E-state index in [0.29, 0.717) is 0 Å². The first-order chi connectivity index (χ1) is 10.8. The van der Waals surface area contributed by atoms with Gasteiger partial charge in [-0.2, -0.15) is 5.10 Å². The van der Waals surface area contributed by atoms with Crippen LogP contribution in [0, 0.1) is 6.92 Å². The minimum Gasteiger partial charge on any atom is -0.265 e. The van der Waals surface area contributed by atoms with Crippen molar-refractivity contribution in [3.63, 3.8) is 0 Å². The Labute approximate surface area is 127 Å². The van der Waals surface area contributed by atoms with E-state index in [9.17, 15) is 0 Å². The fraction of sp³-hybridized carbons (Fsp3) is 0.0588. The Balaban J connectivity index is 2.07. The van der Waals surface area contributed by atoms with Gasteiger partial charge in [0.1, 0.15) is 5.69 Å². The predicted molar refractivity (Wildman–Crippen MR) is 84.2 cm³/mol. The van der Waals surface area contributed by atoms with Crippen LogP contribution in [0.1, 0.15) is 5.69 Å². The van der Waals surface area contributed by atoms with Crippen LogP contribution in [0.25, 0.3) is 28.2 Å². The molecule has 0 aliphatic heterocycles. The minimum absolute atomic E-state index is 0.818. The largest absolute Gasteiger partial charge is 0.265 e. The van der Waals surface area contributed by atoms with E-state index in [1.54, 1.807) is 18.6 Å². The van der Waals surface area contributed by atoms with Gasteiger partial charge in [0.15, 0.2) is 5.65 Å². The average molecular weight is 287 g/mol. The molecule has 0 aliphatic carbocycles. The number of rotatable bonds is 2. The molecule has 0 aliphatic rings. The minimum atomic E-state index is 0.818. The van der Waals surface area contributed by atoms with Crippen LogP contribution in [0.15, 0.2) is 61.2 Å². The van der Waals surface area contributed by atoms with Gasteiger partial charge in [-0.05, 0) is 43.3 Å². The molecule has 106 valence electrons. The predicted octanol–water partition coefficient (Wildman–Crippen LogP) is 3.16. The van der Waals surface area contributed by atoms with Crippen molar-refractivity contribution in [1.82, 2.24) is 24.6 Å². The molecule has 0 N–H and O–H groups in total. The second-order valence-corrected chi connectivity index (χ2v) is 5.02. The van der Waals surface area contributed by atoms with Crippen molar-refractivity contribution in [3.8, 4) is 22.5 Å². The summed E-state index contributed by atoms with van der Waals surface area (Å²) >= 11 is 0. The first kappa shape index (κ1) is 12.6. The molecule has 5 nitrogen and oxygen atoms in total. The van der Waals surface area contributed by atoms with Gasteiger partial charge in [0, 0.05) is 41.6 Å². The zero-order chi connectivity index (χ0) is 14.9. The van der Waals surface area contributed by atoms with Gasteiger partial charge in [0.2, 0.25) is 0 Å². The molecule has 0 spiro atoms. The Morgan fingerprint density at radius 2 is 1.73 bits per heavy atom. The quantitative estimate of drug-likeness (QED) is 0.568. The summed E-state index contributed by atoms with van der Waals surface area (Å²) in [5.41, 5.74) is 5.71. The van der Waals surface area contributed by atoms with Crippen LogP contribution in [0.5, 0.6) is 0 Å². The van der Waals surface area contributed by atoms with E-state index in [-0.39, 0.29) is 0 Å². The van der Waals surface area contributed by atoms with Gasteiger partial charge in [0.25, 0.3) is 0 Å². The number of fused-ring (bicyclic) bond motifs is 1. The molecule has 0 fully saturated rings. The number of aryl methyl sites for hydroxylation is 1. The third kappa shape index (κ3) is 2.03. The van der Waals surface area contributed by atoms with E-state index in [2.05, 4.69) is 15.1 Å². The van der Waals surface area contributed by atoms with Crippen molar-refractivity contribution in [3.05, 3.63) is 66.9 Å². The van der Waals surface area contributed by atoms with Crippen LogP contribution in [-0.2, 0) is 0 Å². The Morgan fingerprint density at radius 3 is 2.55 bits per heavy atom. The number of pyridine rings is 2. The summed E-state index contributed by atoms with van der Waals surface area (Å²) in [7, 11) is 0. The second-order valence-electron chi connectivity index (χ2n) is 5.02. The monoisotopic (exact) mass is 287 g/mol. The molecule has 5 heteroatoms. The molecule has 22 heavy (non-hydrogen) atoms. The second kappa shape index (κ2) is 5.04. The Bertz CT molecular complexity index is 944. The smallest absolute Gasteiger partial charge is 0.154 e. The van der Waals surface area contributed by atoms with E-state index in [4.69, 9.17) is 4.98 Å². The van der Waals surface area contributed by atoms with Crippen molar-refractivity contribution >= 4 is 5.65 Å². The molecule has 0 bridgehead atoms. The van der Waals surface area contributed by atoms with Gasteiger partial charge in [-0.1, -0.05) is 0 Å². The standard InChI is InChI=1S/C17H13N5/c1-12-11-14(6-10-19-12)17-16(13-4-8-18-9-5-13)21-15-3-2-7-20-22(15)17/h2-11H,1H3. The van der Waals surface area contributed by atoms with Gasteiger partial charge in [0.05, 0.1) is 5.69 Å². The molecular weight excluding hydrogens is 274 g/mol. The van der Waals surface area contributed by atoms with Crippen molar-refractivity contribution in [2.45, 2.75) is 6.92 Å². The molecule has 0 aromatic carbocycles. The highest BCUT2D eigenvalue weighted by molar-refractivity contribution is 5.81. The highest BCUT2D eigenvalue weighted by Crippen LogP contribution is 2.31. The van der Waals surface area contributed by atoms with E-state index in [0.717, 1.165) is 33.9 Å². The number of hydrogen-bond acceptors (Lipinski definition) is 4. The van der Waals surface area contributed by atoms with Crippen LogP contribution < -0.4 is 0 Å². The van der Waals surface area contributed by atoms with Crippen LogP contribution >= 0.6 is 0 Å². The van der Waals surface area contributed by atoms with E-state index in [1.165, 1.54) is 0 Å². The van der Waals surface area contributed by atoms with Crippen molar-refractivity contribution in [1.29, 1.82) is 0 Å². The summed E-state index contributed by atoms with van der Waals surface area (Å²) < 4.78 is 1.87. The molecule has 0 unspecified atom stereocenters. The van der Waals surface area contributed by atoms with Gasteiger partial charge in [-0.15, -0.1) is 0 Å². The fourth-order valence-electron chi connectivity index (χ4n) is 2.55. The molecule has 4 aromatic heterocycles. The average Bonchev–Trinajstić information content (AvgIpc) is 2.95. The topological polar surface area (TPSA) is 56.0 Å². The van der Waals surface area contributed by atoms with Gasteiger partial charge >= 0.3 is 0 Å². The van der Waals surface area contributed by atoms with Crippen molar-refractivity contribution < 1.29 is 0 Å². The highest BCUT2D eigenvalue weighted by atomic mass is 15.3. The van der Waals surface area contributed by atoms with E-state index < -0.39 is 0 Å². The molecule has 0 atom stereocenters. The SMILES string of the molecule is Cc1cc(-c2c(-c3ccncc3)nc3cccnn23)ccn1. The summed E-state index contributed by atoms with van der Waals surface area (Å²) in [4.78, 5) is 13.1. The van der Waals surface area contributed by atoms with Gasteiger partial charge < -0.3 is 0 Å². The molecule has 0 radical (unpaired) electrons. The maximum absolute atomic E-state index is 4.74. The summed E-state index contributed by atoms with van der Waals surface area (Å²) in [6.45, 7) is 1.98. The summed E-state index contributed by atoms with van der Waals surface area (Å²) in [6.07, 6.45) is 7.12. The van der Waals surface area contributed by atoms with E-state index >= 15 is 0 Å². The zero-order valence-corrected chi connectivity index (χ0v) is 12.0. The van der Waals surface area contributed by atoms with Crippen LogP contribution in [0.2, 0.25) is 0 Å². The number of nitrogens with zero attached hydrogens (tertiary/aromatic N) is 5. The molecule has 4 aromatic rings. The lowest BCUT2D eigenvalue weighted by Crippen LogP contribution is -1.94. The number of imidazole rings is 1. The van der Waals surface area contributed by atoms with Crippen molar-refractivity contribution in [2.24, 2.45) is 0 Å². The Morgan fingerprint density at radius 1 is 0.909 bits per heavy atom. The van der Waals surface area contributed by atoms with Gasteiger partial charge in [-0.3, -0.25) is 9.97 Å². The first-order valence-electron chi connectivity index (χ1n) is 7.00. The van der Waals surface area contributed by atoms with Crippen LogP contribution in [0.4, 0.5) is 0 Å². The Kier molecular flexibility index (Phi) is 2.89. The molecule has 4 heterocycles. The number of aromatic nitrogens is 5. The third-order valence-electron chi connectivity index (χ3n) is 3.52. The molecular formula is C17H13N5. The fourth-order valence-corrected chi connectivity index (χ4v) is 2.55. The molecule has 0 saturated heterocycles. The lowest BCUT2D eigenvalue weighted by atomic mass is 10.1. The number of hydrogen-bond donors (Lipinski definition) is 0. The molecule has 0 amide bonds. The summed E-state index contributed by atoms with van der Waals surface area (Å²) in [5, 5.41) is 4.45. The first-order valence-corrected chi connectivity index (χ1v) is 7.00. The lowest BCUT2D eigenvalue weighted by molar-refractivity contribution is 0.942. The van der Waals surface area contributed by atoms with Crippen molar-refractivity contribution in [2.75, 3.05) is 0 Å². The zero-order valence-electron chi connectivity index (χ0n) is 12.0. The summed E-state index contributed by atoms with van der Waals surface area (Å²) in [5.74, 6) is 0. The van der Waals surface area contributed by atoms with E-state index in [1.807, 2.05) is 54.0 Å². The molecule has 4 rings (SSSR count). The van der Waals surface area contributed by atoms with Crippen LogP contribution in [-0.4, -0.2) is 24.6 Å². The third-order valence-corrected chi connectivity index (χ3v) is 3.52. The maximum Gasteiger partial charge on any atom is 0.154 e. The van der Waals surface area contributed by atoms with Gasteiger partial charge in [-0.25, -0.2) is 9.50 Å². The van der Waals surface area contributed by atoms with Crippen LogP contribution in [0.3, 0.4) is 0 Å².